The van der Waals surface area contributed by atoms with Gasteiger partial charge in [0.05, 0.1) is 0 Å². The second-order valence-electron chi connectivity index (χ2n) is 5.52. The number of nitrogens with two attached hydrogens (primary N) is 1. The lowest BCUT2D eigenvalue weighted by Crippen LogP contribution is -2.11. The van der Waals surface area contributed by atoms with Gasteiger partial charge in [0.15, 0.2) is 0 Å². The molecule has 0 aliphatic carbocycles. The van der Waals surface area contributed by atoms with Crippen LogP contribution in [0.15, 0.2) is 30.5 Å². The van der Waals surface area contributed by atoms with Crippen molar-refractivity contribution in [2.24, 2.45) is 11.7 Å². The zero-order valence-electron chi connectivity index (χ0n) is 12.4. The lowest BCUT2D eigenvalue weighted by atomic mass is 9.99. The molecule has 0 aliphatic heterocycles. The van der Waals surface area contributed by atoms with Crippen LogP contribution < -0.4 is 5.73 Å². The van der Waals surface area contributed by atoms with Crippen LogP contribution in [0.25, 0.3) is 10.9 Å². The van der Waals surface area contributed by atoms with Crippen molar-refractivity contribution in [1.29, 1.82) is 0 Å². The van der Waals surface area contributed by atoms with E-state index in [1.54, 1.807) is 0 Å². The molecule has 0 bridgehead atoms. The predicted octanol–water partition coefficient (Wildman–Crippen LogP) is 4.49. The summed E-state index contributed by atoms with van der Waals surface area (Å²) in [5.41, 5.74) is 7.93. The molecule has 2 rings (SSSR count). The second kappa shape index (κ2) is 6.89. The third-order valence-electron chi connectivity index (χ3n) is 4.06. The van der Waals surface area contributed by atoms with Gasteiger partial charge < -0.3 is 10.3 Å². The number of hydrogen-bond acceptors (Lipinski definition) is 1. The van der Waals surface area contributed by atoms with Gasteiger partial charge in [-0.1, -0.05) is 57.5 Å². The fraction of sp³-hybridized carbons (Fsp3) is 0.471. The third-order valence-corrected chi connectivity index (χ3v) is 4.29. The van der Waals surface area contributed by atoms with Crippen molar-refractivity contribution in [1.82, 2.24) is 4.57 Å². The quantitative estimate of drug-likeness (QED) is 0.761. The van der Waals surface area contributed by atoms with Gasteiger partial charge in [-0.3, -0.25) is 0 Å². The monoisotopic (exact) mass is 288 g/mol. The van der Waals surface area contributed by atoms with Crippen LogP contribution in [0.5, 0.6) is 0 Å². The molecule has 2 aromatic rings. The molecule has 0 radical (unpaired) electrons. The molecule has 0 spiro atoms. The van der Waals surface area contributed by atoms with E-state index in [-0.39, 0.29) is 0 Å². The highest BCUT2D eigenvalue weighted by Gasteiger charge is 2.09. The number of benzene rings is 1. The van der Waals surface area contributed by atoms with Crippen molar-refractivity contribution in [2.45, 2.75) is 46.1 Å². The first-order chi connectivity index (χ1) is 9.65. The molecule has 0 aliphatic rings. The Bertz CT molecular complexity index is 586. The molecule has 1 heterocycles. The Morgan fingerprint density at radius 2 is 2.10 bits per heavy atom. The van der Waals surface area contributed by atoms with Crippen LogP contribution in [0.2, 0.25) is 0 Å². The Balaban J connectivity index is 2.24. The van der Waals surface area contributed by atoms with E-state index >= 15 is 0 Å². The summed E-state index contributed by atoms with van der Waals surface area (Å²) in [7, 11) is 0. The fourth-order valence-electron chi connectivity index (χ4n) is 2.69. The van der Waals surface area contributed by atoms with Gasteiger partial charge in [0.25, 0.3) is 0 Å². The molecule has 0 saturated carbocycles. The van der Waals surface area contributed by atoms with Gasteiger partial charge >= 0.3 is 0 Å². The van der Waals surface area contributed by atoms with Crippen LogP contribution in [0, 0.1) is 5.92 Å². The summed E-state index contributed by atoms with van der Waals surface area (Å²) in [6, 6.07) is 8.39. The summed E-state index contributed by atoms with van der Waals surface area (Å²) >= 11 is 5.08. The molecule has 0 fully saturated rings. The first-order valence-electron chi connectivity index (χ1n) is 7.54. The minimum atomic E-state index is 0.470. The normalized spacial score (nSPS) is 12.7. The van der Waals surface area contributed by atoms with Gasteiger partial charge in [-0.25, -0.2) is 0 Å². The topological polar surface area (TPSA) is 30.9 Å². The molecule has 2 N–H and O–H groups in total. The van der Waals surface area contributed by atoms with Crippen LogP contribution in [-0.2, 0) is 6.54 Å². The maximum Gasteiger partial charge on any atom is 0.104 e. The molecule has 2 nitrogen and oxygen atoms in total. The third kappa shape index (κ3) is 3.40. The number of nitrogens with zero attached hydrogens (tertiary/aromatic N) is 1. The molecule has 1 unspecified atom stereocenters. The molecule has 1 atom stereocenters. The van der Waals surface area contributed by atoms with Crippen molar-refractivity contribution in [3.05, 3.63) is 36.0 Å². The number of thiocarbonyl (C=S) groups is 1. The van der Waals surface area contributed by atoms with Gasteiger partial charge in [-0.15, -0.1) is 0 Å². The molecule has 0 saturated heterocycles. The highest BCUT2D eigenvalue weighted by Crippen LogP contribution is 2.22. The standard InChI is InChI=1S/C17H24N2S/c1-3-5-6-13(4-2)12-19-10-9-14-7-8-15(17(18)20)11-16(14)19/h7-11,13H,3-6,12H2,1-2H3,(H2,18,20). The van der Waals surface area contributed by atoms with Gasteiger partial charge in [0.1, 0.15) is 4.99 Å². The van der Waals surface area contributed by atoms with Gasteiger partial charge in [0, 0.05) is 23.8 Å². The first-order valence-corrected chi connectivity index (χ1v) is 7.95. The van der Waals surface area contributed by atoms with Crippen molar-refractivity contribution in [2.75, 3.05) is 0 Å². The predicted molar refractivity (Wildman–Crippen MR) is 91.1 cm³/mol. The van der Waals surface area contributed by atoms with E-state index < -0.39 is 0 Å². The molecule has 1 aromatic heterocycles. The molecule has 1 aromatic carbocycles. The van der Waals surface area contributed by atoms with Crippen molar-refractivity contribution in [3.63, 3.8) is 0 Å². The minimum Gasteiger partial charge on any atom is -0.389 e. The van der Waals surface area contributed by atoms with Crippen LogP contribution in [0.4, 0.5) is 0 Å². The largest absolute Gasteiger partial charge is 0.389 e. The van der Waals surface area contributed by atoms with E-state index in [4.69, 9.17) is 18.0 Å². The number of rotatable bonds is 7. The van der Waals surface area contributed by atoms with Crippen LogP contribution >= 0.6 is 12.2 Å². The molecular formula is C17H24N2S. The SMILES string of the molecule is CCCCC(CC)Cn1ccc2ccc(C(N)=S)cc21. The van der Waals surface area contributed by atoms with Crippen molar-refractivity contribution >= 4 is 28.1 Å². The minimum absolute atomic E-state index is 0.470. The van der Waals surface area contributed by atoms with Crippen LogP contribution in [-0.4, -0.2) is 9.56 Å². The molecule has 20 heavy (non-hydrogen) atoms. The van der Waals surface area contributed by atoms with E-state index in [0.717, 1.165) is 18.0 Å². The van der Waals surface area contributed by atoms with E-state index in [2.05, 4.69) is 42.8 Å². The first kappa shape index (κ1) is 15.0. The van der Waals surface area contributed by atoms with Crippen LogP contribution in [0.3, 0.4) is 0 Å². The van der Waals surface area contributed by atoms with E-state index in [9.17, 15) is 0 Å². The maximum atomic E-state index is 5.74. The lowest BCUT2D eigenvalue weighted by Gasteiger charge is -2.16. The number of hydrogen-bond donors (Lipinski definition) is 1. The Labute approximate surface area is 127 Å². The lowest BCUT2D eigenvalue weighted by molar-refractivity contribution is 0.396. The Hall–Kier alpha value is -1.35. The second-order valence-corrected chi connectivity index (χ2v) is 5.96. The average molecular weight is 288 g/mol. The fourth-order valence-corrected chi connectivity index (χ4v) is 2.82. The van der Waals surface area contributed by atoms with Crippen molar-refractivity contribution < 1.29 is 0 Å². The summed E-state index contributed by atoms with van der Waals surface area (Å²) in [6.07, 6.45) is 7.31. The zero-order valence-corrected chi connectivity index (χ0v) is 13.2. The highest BCUT2D eigenvalue weighted by molar-refractivity contribution is 7.80. The van der Waals surface area contributed by atoms with E-state index in [0.29, 0.717) is 4.99 Å². The summed E-state index contributed by atoms with van der Waals surface area (Å²) in [6.45, 7) is 5.62. The molecule has 3 heteroatoms. The summed E-state index contributed by atoms with van der Waals surface area (Å²) in [5.74, 6) is 0.749. The molecule has 108 valence electrons. The van der Waals surface area contributed by atoms with Gasteiger partial charge in [-0.05, 0) is 29.9 Å². The zero-order chi connectivity index (χ0) is 14.5. The molecule has 0 amide bonds. The Kier molecular flexibility index (Phi) is 5.18. The summed E-state index contributed by atoms with van der Waals surface area (Å²) < 4.78 is 2.35. The van der Waals surface area contributed by atoms with E-state index in [1.807, 2.05) is 6.07 Å². The Morgan fingerprint density at radius 1 is 1.30 bits per heavy atom. The molecular weight excluding hydrogens is 264 g/mol. The maximum absolute atomic E-state index is 5.74. The number of fused-ring (bicyclic) bond motifs is 1. The smallest absolute Gasteiger partial charge is 0.104 e. The highest BCUT2D eigenvalue weighted by atomic mass is 32.1. The number of unbranched alkanes of at least 4 members (excludes halogenated alkanes) is 1. The van der Waals surface area contributed by atoms with Gasteiger partial charge in [-0.2, -0.15) is 0 Å². The van der Waals surface area contributed by atoms with E-state index in [1.165, 1.54) is 36.6 Å². The van der Waals surface area contributed by atoms with Gasteiger partial charge in [0.2, 0.25) is 0 Å². The Morgan fingerprint density at radius 3 is 2.75 bits per heavy atom. The van der Waals surface area contributed by atoms with Crippen LogP contribution in [0.1, 0.15) is 45.1 Å². The number of aromatic nitrogens is 1. The summed E-state index contributed by atoms with van der Waals surface area (Å²) in [4.78, 5) is 0.470. The summed E-state index contributed by atoms with van der Waals surface area (Å²) in [5, 5.41) is 1.26. The average Bonchev–Trinajstić information content (AvgIpc) is 2.85. The van der Waals surface area contributed by atoms with Crippen molar-refractivity contribution in [3.8, 4) is 0 Å².